The van der Waals surface area contributed by atoms with Crippen LogP contribution in [0.2, 0.25) is 5.02 Å². The summed E-state index contributed by atoms with van der Waals surface area (Å²) in [6.45, 7) is 1.61. The number of amides is 2. The number of thioether (sulfide) groups is 1. The van der Waals surface area contributed by atoms with Crippen LogP contribution in [0.25, 0.3) is 17.0 Å². The maximum atomic E-state index is 14.3. The Morgan fingerprint density at radius 1 is 1.28 bits per heavy atom. The number of halogens is 2. The van der Waals surface area contributed by atoms with Gasteiger partial charge in [-0.1, -0.05) is 35.9 Å². The number of amidine groups is 1. The smallest absolute Gasteiger partial charge is 0.286 e. The van der Waals surface area contributed by atoms with Crippen LogP contribution < -0.4 is 5.32 Å². The lowest BCUT2D eigenvalue weighted by molar-refractivity contribution is -0.117. The van der Waals surface area contributed by atoms with E-state index in [1.807, 2.05) is 35.0 Å². The highest BCUT2D eigenvalue weighted by molar-refractivity contribution is 8.18. The molecular formula is C21H15ClFN3O2S. The second kappa shape index (κ2) is 7.85. The molecule has 3 aromatic rings. The fourth-order valence-corrected chi connectivity index (χ4v) is 4.20. The molecule has 0 bridgehead atoms. The van der Waals surface area contributed by atoms with E-state index >= 15 is 0 Å². The number of aromatic nitrogens is 1. The van der Waals surface area contributed by atoms with Gasteiger partial charge in [0, 0.05) is 40.2 Å². The van der Waals surface area contributed by atoms with Gasteiger partial charge in [-0.15, -0.1) is 0 Å². The zero-order valence-electron chi connectivity index (χ0n) is 15.3. The van der Waals surface area contributed by atoms with E-state index in [0.29, 0.717) is 15.5 Å². The third-order valence-corrected chi connectivity index (χ3v) is 5.65. The fourth-order valence-electron chi connectivity index (χ4n) is 3.13. The molecule has 0 saturated carbocycles. The van der Waals surface area contributed by atoms with E-state index < -0.39 is 5.91 Å². The van der Waals surface area contributed by atoms with Crippen molar-refractivity contribution < 1.29 is 14.0 Å². The van der Waals surface area contributed by atoms with Crippen LogP contribution in [0, 0.1) is 5.82 Å². The molecule has 0 saturated heterocycles. The van der Waals surface area contributed by atoms with Crippen LogP contribution in [0.5, 0.6) is 0 Å². The maximum Gasteiger partial charge on any atom is 0.286 e. The number of benzene rings is 2. The summed E-state index contributed by atoms with van der Waals surface area (Å²) < 4.78 is 16.2. The second-order valence-electron chi connectivity index (χ2n) is 6.44. The first kappa shape index (κ1) is 19.4. The number of rotatable bonds is 3. The van der Waals surface area contributed by atoms with Gasteiger partial charge < -0.3 is 9.88 Å². The molecule has 1 aromatic heterocycles. The topological polar surface area (TPSA) is 63.5 Å². The summed E-state index contributed by atoms with van der Waals surface area (Å²) in [6.07, 6.45) is 3.58. The predicted octanol–water partition coefficient (Wildman–Crippen LogP) is 4.59. The number of fused-ring (bicyclic) bond motifs is 1. The van der Waals surface area contributed by atoms with Crippen LogP contribution in [-0.2, 0) is 16.1 Å². The summed E-state index contributed by atoms with van der Waals surface area (Å²) in [7, 11) is 0. The quantitative estimate of drug-likeness (QED) is 0.622. The van der Waals surface area contributed by atoms with E-state index in [1.165, 1.54) is 13.0 Å². The van der Waals surface area contributed by atoms with E-state index in [0.717, 1.165) is 28.2 Å². The molecular weight excluding hydrogens is 413 g/mol. The Morgan fingerprint density at radius 2 is 2.07 bits per heavy atom. The van der Waals surface area contributed by atoms with Crippen molar-refractivity contribution in [2.45, 2.75) is 13.5 Å². The zero-order valence-corrected chi connectivity index (χ0v) is 16.9. The van der Waals surface area contributed by atoms with E-state index in [2.05, 4.69) is 10.3 Å². The normalized spacial score (nSPS) is 15.2. The second-order valence-corrected chi connectivity index (χ2v) is 7.88. The van der Waals surface area contributed by atoms with Crippen LogP contribution >= 0.6 is 23.4 Å². The Kier molecular flexibility index (Phi) is 5.25. The van der Waals surface area contributed by atoms with Gasteiger partial charge >= 0.3 is 0 Å². The molecule has 2 amide bonds. The van der Waals surface area contributed by atoms with Crippen LogP contribution in [0.1, 0.15) is 18.1 Å². The van der Waals surface area contributed by atoms with Crippen LogP contribution in [0.15, 0.2) is 58.6 Å². The average molecular weight is 428 g/mol. The molecule has 0 aliphatic carbocycles. The molecule has 1 aliphatic heterocycles. The van der Waals surface area contributed by atoms with E-state index in [9.17, 15) is 14.0 Å². The highest BCUT2D eigenvalue weighted by atomic mass is 35.5. The molecule has 29 heavy (non-hydrogen) atoms. The number of hydrogen-bond acceptors (Lipinski definition) is 3. The summed E-state index contributed by atoms with van der Waals surface area (Å²) in [4.78, 5) is 27.6. The molecule has 0 radical (unpaired) electrons. The van der Waals surface area contributed by atoms with Gasteiger partial charge in [-0.2, -0.15) is 4.99 Å². The highest BCUT2D eigenvalue weighted by Gasteiger charge is 2.23. The van der Waals surface area contributed by atoms with Gasteiger partial charge in [0.25, 0.3) is 5.91 Å². The Balaban J connectivity index is 1.72. The monoisotopic (exact) mass is 427 g/mol. The average Bonchev–Trinajstić information content (AvgIpc) is 3.18. The van der Waals surface area contributed by atoms with Gasteiger partial charge in [0.1, 0.15) is 5.82 Å². The molecule has 2 heterocycles. The lowest BCUT2D eigenvalue weighted by Gasteiger charge is -2.08. The SMILES string of the molecule is CC(=O)NC1=NC(=O)/C(=C\c2cn(Cc3c(F)cccc3Cl)c3ccccc23)S1. The largest absolute Gasteiger partial charge is 0.342 e. The van der Waals surface area contributed by atoms with Crippen molar-refractivity contribution in [2.24, 2.45) is 4.99 Å². The van der Waals surface area contributed by atoms with Crippen LogP contribution in [0.3, 0.4) is 0 Å². The van der Waals surface area contributed by atoms with Crippen molar-refractivity contribution in [3.8, 4) is 0 Å². The maximum absolute atomic E-state index is 14.3. The van der Waals surface area contributed by atoms with Gasteiger partial charge in [0.2, 0.25) is 5.91 Å². The molecule has 0 atom stereocenters. The van der Waals surface area contributed by atoms with Gasteiger partial charge in [-0.3, -0.25) is 9.59 Å². The number of carbonyl (C=O) groups is 2. The lowest BCUT2D eigenvalue weighted by atomic mass is 10.1. The Hall–Kier alpha value is -2.90. The zero-order chi connectivity index (χ0) is 20.5. The van der Waals surface area contributed by atoms with Gasteiger partial charge in [-0.05, 0) is 36.0 Å². The third-order valence-electron chi connectivity index (χ3n) is 4.40. The number of nitrogens with one attached hydrogen (secondary N) is 1. The molecule has 0 spiro atoms. The van der Waals surface area contributed by atoms with Crippen molar-refractivity contribution in [3.05, 3.63) is 75.5 Å². The number of aliphatic imine (C=N–C) groups is 1. The lowest BCUT2D eigenvalue weighted by Crippen LogP contribution is -2.23. The van der Waals surface area contributed by atoms with Crippen LogP contribution in [-0.4, -0.2) is 21.5 Å². The minimum Gasteiger partial charge on any atom is -0.342 e. The van der Waals surface area contributed by atoms with Crippen molar-refractivity contribution >= 4 is 57.3 Å². The molecule has 8 heteroatoms. The minimum atomic E-state index is -0.410. The highest BCUT2D eigenvalue weighted by Crippen LogP contribution is 2.31. The van der Waals surface area contributed by atoms with Gasteiger partial charge in [-0.25, -0.2) is 4.39 Å². The third kappa shape index (κ3) is 3.97. The fraction of sp³-hybridized carbons (Fsp3) is 0.0952. The van der Waals surface area contributed by atoms with Crippen molar-refractivity contribution in [1.29, 1.82) is 0 Å². The Bertz CT molecular complexity index is 1200. The summed E-state index contributed by atoms with van der Waals surface area (Å²) in [6, 6.07) is 12.3. The molecule has 0 unspecified atom stereocenters. The first-order chi connectivity index (χ1) is 13.9. The first-order valence-electron chi connectivity index (χ1n) is 8.73. The van der Waals surface area contributed by atoms with Crippen molar-refractivity contribution in [2.75, 3.05) is 0 Å². The molecule has 4 rings (SSSR count). The predicted molar refractivity (Wildman–Crippen MR) is 114 cm³/mol. The van der Waals surface area contributed by atoms with Crippen molar-refractivity contribution in [3.63, 3.8) is 0 Å². The van der Waals surface area contributed by atoms with Gasteiger partial charge in [0.05, 0.1) is 11.4 Å². The summed E-state index contributed by atoms with van der Waals surface area (Å²) in [5.41, 5.74) is 2.08. The van der Waals surface area contributed by atoms with E-state index in [4.69, 9.17) is 11.6 Å². The number of carbonyl (C=O) groups excluding carboxylic acids is 2. The number of nitrogens with zero attached hydrogens (tertiary/aromatic N) is 2. The molecule has 5 nitrogen and oxygen atoms in total. The van der Waals surface area contributed by atoms with E-state index in [-0.39, 0.29) is 23.4 Å². The van der Waals surface area contributed by atoms with E-state index in [1.54, 1.807) is 18.2 Å². The molecule has 146 valence electrons. The molecule has 0 fully saturated rings. The van der Waals surface area contributed by atoms with Gasteiger partial charge in [0.15, 0.2) is 5.17 Å². The Morgan fingerprint density at radius 3 is 2.83 bits per heavy atom. The molecule has 1 N–H and O–H groups in total. The van der Waals surface area contributed by atoms with Crippen molar-refractivity contribution in [1.82, 2.24) is 9.88 Å². The number of hydrogen-bond donors (Lipinski definition) is 1. The minimum absolute atomic E-state index is 0.254. The van der Waals surface area contributed by atoms with Crippen LogP contribution in [0.4, 0.5) is 4.39 Å². The number of para-hydroxylation sites is 1. The summed E-state index contributed by atoms with van der Waals surface area (Å²) >= 11 is 7.30. The summed E-state index contributed by atoms with van der Waals surface area (Å²) in [5.74, 6) is -1.07. The Labute approximate surface area is 175 Å². The first-order valence-corrected chi connectivity index (χ1v) is 9.93. The molecule has 2 aromatic carbocycles. The molecule has 1 aliphatic rings. The standard InChI is InChI=1S/C21H15ClFN3O2S/c1-12(27)24-21-25-20(28)19(29-21)9-13-10-26(18-8-3-2-5-14(13)18)11-15-16(22)6-4-7-17(15)23/h2-10H,11H2,1H3,(H,24,25,27,28)/b19-9+. The summed E-state index contributed by atoms with van der Waals surface area (Å²) in [5, 5.41) is 4.06.